The van der Waals surface area contributed by atoms with Gasteiger partial charge in [0, 0.05) is 22.0 Å². The standard InChI is InChI=1S/C17H13F3N2OS2/c1-10-2-3-12(6-14(10)17(18,19)20)21-15(23)7-13-9-25-16(22-13)11-4-5-24-8-11/h2-6,8-9H,7H2,1H3,(H,21,23). The molecule has 0 radical (unpaired) electrons. The highest BCUT2D eigenvalue weighted by Gasteiger charge is 2.32. The Kier molecular flexibility index (Phi) is 4.91. The maximum absolute atomic E-state index is 12.9. The van der Waals surface area contributed by atoms with E-state index in [1.165, 1.54) is 30.4 Å². The first-order chi connectivity index (χ1) is 11.8. The zero-order chi connectivity index (χ0) is 18.0. The van der Waals surface area contributed by atoms with Crippen LogP contribution in [0.1, 0.15) is 16.8 Å². The number of hydrogen-bond acceptors (Lipinski definition) is 4. The fourth-order valence-electron chi connectivity index (χ4n) is 2.28. The van der Waals surface area contributed by atoms with E-state index in [0.29, 0.717) is 5.69 Å². The van der Waals surface area contributed by atoms with Gasteiger partial charge in [-0.3, -0.25) is 4.79 Å². The van der Waals surface area contributed by atoms with Gasteiger partial charge in [0.2, 0.25) is 5.91 Å². The lowest BCUT2D eigenvalue weighted by Gasteiger charge is -2.12. The Labute approximate surface area is 150 Å². The van der Waals surface area contributed by atoms with Gasteiger partial charge < -0.3 is 5.32 Å². The van der Waals surface area contributed by atoms with Gasteiger partial charge in [0.1, 0.15) is 5.01 Å². The first kappa shape index (κ1) is 17.6. The summed E-state index contributed by atoms with van der Waals surface area (Å²) in [6.45, 7) is 1.38. The average Bonchev–Trinajstić information content (AvgIpc) is 3.19. The van der Waals surface area contributed by atoms with Crippen LogP contribution in [0, 0.1) is 6.92 Å². The second-order valence-electron chi connectivity index (χ2n) is 5.41. The van der Waals surface area contributed by atoms with Gasteiger partial charge in [0.15, 0.2) is 0 Å². The molecule has 0 atom stereocenters. The number of thiazole rings is 1. The van der Waals surface area contributed by atoms with Gasteiger partial charge in [-0.25, -0.2) is 4.98 Å². The van der Waals surface area contributed by atoms with Gasteiger partial charge in [-0.1, -0.05) is 6.07 Å². The fraction of sp³-hybridized carbons (Fsp3) is 0.176. The lowest BCUT2D eigenvalue weighted by atomic mass is 10.1. The number of alkyl halides is 3. The highest BCUT2D eigenvalue weighted by molar-refractivity contribution is 7.14. The zero-order valence-electron chi connectivity index (χ0n) is 13.1. The average molecular weight is 382 g/mol. The Morgan fingerprint density at radius 1 is 1.24 bits per heavy atom. The molecule has 0 aliphatic carbocycles. The van der Waals surface area contributed by atoms with Crippen molar-refractivity contribution < 1.29 is 18.0 Å². The number of carbonyl (C=O) groups is 1. The summed E-state index contributed by atoms with van der Waals surface area (Å²) in [7, 11) is 0. The number of halogens is 3. The highest BCUT2D eigenvalue weighted by Crippen LogP contribution is 2.33. The molecule has 3 aromatic rings. The first-order valence-corrected chi connectivity index (χ1v) is 9.10. The Morgan fingerprint density at radius 3 is 2.72 bits per heavy atom. The van der Waals surface area contributed by atoms with E-state index in [4.69, 9.17) is 0 Å². The van der Waals surface area contributed by atoms with Crippen molar-refractivity contribution in [2.24, 2.45) is 0 Å². The summed E-state index contributed by atoms with van der Waals surface area (Å²) >= 11 is 2.99. The van der Waals surface area contributed by atoms with E-state index in [-0.39, 0.29) is 17.7 Å². The van der Waals surface area contributed by atoms with Crippen molar-refractivity contribution in [1.82, 2.24) is 4.98 Å². The molecule has 0 aliphatic rings. The molecule has 0 saturated heterocycles. The largest absolute Gasteiger partial charge is 0.416 e. The van der Waals surface area contributed by atoms with Gasteiger partial charge in [-0.05, 0) is 36.1 Å². The quantitative estimate of drug-likeness (QED) is 0.658. The van der Waals surface area contributed by atoms with Crippen molar-refractivity contribution in [1.29, 1.82) is 0 Å². The predicted octanol–water partition coefficient (Wildman–Crippen LogP) is 5.38. The number of aryl methyl sites for hydroxylation is 1. The van der Waals surface area contributed by atoms with Gasteiger partial charge in [-0.2, -0.15) is 24.5 Å². The molecule has 2 aromatic heterocycles. The van der Waals surface area contributed by atoms with Crippen LogP contribution >= 0.6 is 22.7 Å². The normalized spacial score (nSPS) is 11.5. The molecule has 1 amide bonds. The Bertz CT molecular complexity index is 886. The summed E-state index contributed by atoms with van der Waals surface area (Å²) in [6.07, 6.45) is -4.44. The van der Waals surface area contributed by atoms with Crippen LogP contribution < -0.4 is 5.32 Å². The van der Waals surface area contributed by atoms with Gasteiger partial charge in [0.25, 0.3) is 0 Å². The van der Waals surface area contributed by atoms with Crippen LogP contribution in [0.3, 0.4) is 0 Å². The van der Waals surface area contributed by atoms with Crippen molar-refractivity contribution in [3.05, 3.63) is 57.2 Å². The molecule has 0 spiro atoms. The predicted molar refractivity (Wildman–Crippen MR) is 93.9 cm³/mol. The number of nitrogens with one attached hydrogen (secondary N) is 1. The minimum absolute atomic E-state index is 0.00979. The number of amides is 1. The molecule has 8 heteroatoms. The van der Waals surface area contributed by atoms with E-state index in [1.54, 1.807) is 16.7 Å². The number of nitrogens with zero attached hydrogens (tertiary/aromatic N) is 1. The number of rotatable bonds is 4. The zero-order valence-corrected chi connectivity index (χ0v) is 14.7. The molecule has 3 nitrogen and oxygen atoms in total. The van der Waals surface area contributed by atoms with Gasteiger partial charge in [-0.15, -0.1) is 11.3 Å². The lowest BCUT2D eigenvalue weighted by Crippen LogP contribution is -2.16. The number of anilines is 1. The number of benzene rings is 1. The number of aromatic nitrogens is 1. The summed E-state index contributed by atoms with van der Waals surface area (Å²) in [5.74, 6) is -0.404. The molecule has 2 heterocycles. The van der Waals surface area contributed by atoms with Crippen LogP contribution in [-0.4, -0.2) is 10.9 Å². The third-order valence-electron chi connectivity index (χ3n) is 3.49. The Morgan fingerprint density at radius 2 is 2.04 bits per heavy atom. The summed E-state index contributed by atoms with van der Waals surface area (Å²) in [4.78, 5) is 16.5. The minimum atomic E-state index is -4.45. The van der Waals surface area contributed by atoms with E-state index in [2.05, 4.69) is 10.3 Å². The van der Waals surface area contributed by atoms with Gasteiger partial charge in [0.05, 0.1) is 17.7 Å². The first-order valence-electron chi connectivity index (χ1n) is 7.27. The van der Waals surface area contributed by atoms with Crippen LogP contribution in [-0.2, 0) is 17.4 Å². The second-order valence-corrected chi connectivity index (χ2v) is 7.05. The monoisotopic (exact) mass is 382 g/mol. The van der Waals surface area contributed by atoms with Crippen LogP contribution in [0.5, 0.6) is 0 Å². The van der Waals surface area contributed by atoms with Crippen LogP contribution in [0.25, 0.3) is 10.6 Å². The smallest absolute Gasteiger partial charge is 0.326 e. The van der Waals surface area contributed by atoms with Gasteiger partial charge >= 0.3 is 6.18 Å². The Balaban J connectivity index is 1.69. The molecule has 0 fully saturated rings. The number of thiophene rings is 1. The molecule has 1 N–H and O–H groups in total. The van der Waals surface area contributed by atoms with Crippen LogP contribution in [0.4, 0.5) is 18.9 Å². The number of hydrogen-bond donors (Lipinski definition) is 1. The van der Waals surface area contributed by atoms with Crippen molar-refractivity contribution >= 4 is 34.3 Å². The van der Waals surface area contributed by atoms with Crippen molar-refractivity contribution in [3.63, 3.8) is 0 Å². The van der Waals surface area contributed by atoms with E-state index in [1.807, 2.05) is 16.8 Å². The molecular formula is C17H13F3N2OS2. The van der Waals surface area contributed by atoms with E-state index in [0.717, 1.165) is 16.6 Å². The molecule has 3 rings (SSSR count). The number of carbonyl (C=O) groups excluding carboxylic acids is 1. The third-order valence-corrected chi connectivity index (χ3v) is 5.11. The van der Waals surface area contributed by atoms with Crippen LogP contribution in [0.15, 0.2) is 40.4 Å². The molecule has 0 saturated carbocycles. The van der Waals surface area contributed by atoms with Crippen LogP contribution in [0.2, 0.25) is 0 Å². The second kappa shape index (κ2) is 6.97. The SMILES string of the molecule is Cc1ccc(NC(=O)Cc2csc(-c3ccsc3)n2)cc1C(F)(F)F. The lowest BCUT2D eigenvalue weighted by molar-refractivity contribution is -0.138. The minimum Gasteiger partial charge on any atom is -0.326 e. The van der Waals surface area contributed by atoms with Crippen molar-refractivity contribution in [2.45, 2.75) is 19.5 Å². The summed E-state index contributed by atoms with van der Waals surface area (Å²) in [5, 5.41) is 9.01. The maximum Gasteiger partial charge on any atom is 0.416 e. The summed E-state index contributed by atoms with van der Waals surface area (Å²) < 4.78 is 38.8. The molecule has 0 bridgehead atoms. The van der Waals surface area contributed by atoms with Crippen molar-refractivity contribution in [3.8, 4) is 10.6 Å². The maximum atomic E-state index is 12.9. The Hall–Kier alpha value is -2.19. The molecule has 0 unspecified atom stereocenters. The third kappa shape index (κ3) is 4.26. The molecule has 25 heavy (non-hydrogen) atoms. The van der Waals surface area contributed by atoms with E-state index >= 15 is 0 Å². The van der Waals surface area contributed by atoms with E-state index < -0.39 is 17.6 Å². The summed E-state index contributed by atoms with van der Waals surface area (Å²) in [6, 6.07) is 5.69. The topological polar surface area (TPSA) is 42.0 Å². The molecule has 0 aliphatic heterocycles. The molecular weight excluding hydrogens is 369 g/mol. The highest BCUT2D eigenvalue weighted by atomic mass is 32.1. The van der Waals surface area contributed by atoms with E-state index in [9.17, 15) is 18.0 Å². The fourth-order valence-corrected chi connectivity index (χ4v) is 3.81. The molecule has 130 valence electrons. The summed E-state index contributed by atoms with van der Waals surface area (Å²) in [5.41, 5.74) is 1.07. The van der Waals surface area contributed by atoms with Crippen molar-refractivity contribution in [2.75, 3.05) is 5.32 Å². The molecule has 1 aromatic carbocycles.